The van der Waals surface area contributed by atoms with Crippen molar-refractivity contribution in [1.29, 1.82) is 0 Å². The zero-order valence-electron chi connectivity index (χ0n) is 23.9. The van der Waals surface area contributed by atoms with Gasteiger partial charge in [0.2, 0.25) is 17.7 Å². The molecular formula is C32H31FN6O4S. The number of fused-ring (bicyclic) bond motifs is 2. The second-order valence-corrected chi connectivity index (χ2v) is 11.7. The molecule has 2 fully saturated rings. The fourth-order valence-corrected chi connectivity index (χ4v) is 6.70. The first kappa shape index (κ1) is 29.4. The number of nitrogens with zero attached hydrogens (tertiary/aromatic N) is 6. The van der Waals surface area contributed by atoms with Crippen molar-refractivity contribution in [3.8, 4) is 5.75 Å². The van der Waals surface area contributed by atoms with Crippen molar-refractivity contribution in [1.82, 2.24) is 29.8 Å². The minimum atomic E-state index is -0.908. The Hall–Kier alpha value is -4.68. The van der Waals surface area contributed by atoms with Gasteiger partial charge >= 0.3 is 0 Å². The number of rotatable bonds is 9. The number of aromatic nitrogens is 2. The molecule has 226 valence electrons. The Bertz CT molecular complexity index is 1700. The molecule has 2 aliphatic heterocycles. The second kappa shape index (κ2) is 12.5. The van der Waals surface area contributed by atoms with E-state index in [4.69, 9.17) is 0 Å². The number of carbonyl (C=O) groups is 3. The summed E-state index contributed by atoms with van der Waals surface area (Å²) in [5, 5.41) is 13.1. The van der Waals surface area contributed by atoms with E-state index in [1.807, 2.05) is 18.2 Å². The minimum absolute atomic E-state index is 0.0582. The van der Waals surface area contributed by atoms with E-state index in [0.29, 0.717) is 22.2 Å². The predicted molar refractivity (Wildman–Crippen MR) is 162 cm³/mol. The van der Waals surface area contributed by atoms with Crippen molar-refractivity contribution in [2.75, 3.05) is 19.6 Å². The first-order chi connectivity index (χ1) is 21.3. The van der Waals surface area contributed by atoms with Crippen LogP contribution in [0, 0.1) is 5.82 Å². The molecule has 4 aromatic rings. The summed E-state index contributed by atoms with van der Waals surface area (Å²) in [5.74, 6) is -1.05. The van der Waals surface area contributed by atoms with Crippen LogP contribution in [0.15, 0.2) is 79.0 Å². The maximum absolute atomic E-state index is 14.5. The summed E-state index contributed by atoms with van der Waals surface area (Å²) in [6.45, 7) is 4.19. The van der Waals surface area contributed by atoms with Crippen LogP contribution < -0.4 is 0 Å². The zero-order valence-corrected chi connectivity index (χ0v) is 24.7. The number of hydrogen-bond acceptors (Lipinski definition) is 8. The summed E-state index contributed by atoms with van der Waals surface area (Å²) in [7, 11) is 0. The minimum Gasteiger partial charge on any atom is -0.508 e. The number of amides is 3. The fourth-order valence-electron chi connectivity index (χ4n) is 5.96. The predicted octanol–water partition coefficient (Wildman–Crippen LogP) is 3.52. The molecule has 2 saturated heterocycles. The Kier molecular flexibility index (Phi) is 8.36. The number of phenolic OH excluding ortho intramolecular Hbond substituents is 1. The molecule has 1 N–H and O–H groups in total. The van der Waals surface area contributed by atoms with Crippen LogP contribution in [0.3, 0.4) is 0 Å². The smallest absolute Gasteiger partial charge is 0.246 e. The first-order valence-electron chi connectivity index (χ1n) is 14.3. The van der Waals surface area contributed by atoms with Gasteiger partial charge < -0.3 is 14.9 Å². The van der Waals surface area contributed by atoms with Crippen molar-refractivity contribution in [2.24, 2.45) is 0 Å². The van der Waals surface area contributed by atoms with Crippen molar-refractivity contribution < 1.29 is 23.9 Å². The van der Waals surface area contributed by atoms with Gasteiger partial charge in [-0.15, -0.1) is 17.9 Å². The molecule has 0 saturated carbocycles. The van der Waals surface area contributed by atoms with Gasteiger partial charge in [0.1, 0.15) is 23.8 Å². The number of phenols is 1. The lowest BCUT2D eigenvalue weighted by Gasteiger charge is -2.55. The lowest BCUT2D eigenvalue weighted by atomic mass is 9.98. The average molecular weight is 615 g/mol. The summed E-state index contributed by atoms with van der Waals surface area (Å²) in [6, 6.07) is 14.1. The van der Waals surface area contributed by atoms with Crippen LogP contribution in [0.25, 0.3) is 10.2 Å². The van der Waals surface area contributed by atoms with Crippen molar-refractivity contribution in [2.45, 2.75) is 38.0 Å². The van der Waals surface area contributed by atoms with E-state index in [1.165, 1.54) is 34.4 Å². The normalized spacial score (nSPS) is 19.0. The van der Waals surface area contributed by atoms with Crippen LogP contribution in [0.2, 0.25) is 0 Å². The molecule has 0 bridgehead atoms. The zero-order chi connectivity index (χ0) is 30.8. The van der Waals surface area contributed by atoms with E-state index in [9.17, 15) is 23.9 Å². The Labute approximate surface area is 257 Å². The van der Waals surface area contributed by atoms with E-state index in [0.717, 1.165) is 11.3 Å². The highest BCUT2D eigenvalue weighted by atomic mass is 32.1. The maximum Gasteiger partial charge on any atom is 0.246 e. The number of pyridine rings is 1. The highest BCUT2D eigenvalue weighted by molar-refractivity contribution is 7.16. The number of aryl methyl sites for hydroxylation is 1. The molecule has 0 aliphatic carbocycles. The van der Waals surface area contributed by atoms with Gasteiger partial charge in [0.25, 0.3) is 0 Å². The van der Waals surface area contributed by atoms with E-state index in [-0.39, 0.29) is 68.3 Å². The Morgan fingerprint density at radius 3 is 2.68 bits per heavy atom. The van der Waals surface area contributed by atoms with Crippen LogP contribution in [0.1, 0.15) is 23.2 Å². The lowest BCUT2D eigenvalue weighted by Crippen LogP contribution is -2.75. The number of halogens is 1. The molecule has 2 aromatic carbocycles. The first-order valence-corrected chi connectivity index (χ1v) is 15.2. The standard InChI is InChI=1S/C32H31FN6O4S/c1-2-15-37-19-29(42)38-26(16-21-6-10-24(40)11-7-21)32(43)36(17-22-8-12-25(33)31-30(22)35-20-44-31)18-27(38)39(37)28(41)13-9-23-5-3-4-14-34-23/h2-8,10-12,14,20,26-27,40H,1,9,13,15-19H2/t26-,27-/m0/s1. The van der Waals surface area contributed by atoms with Gasteiger partial charge in [0.05, 0.1) is 28.8 Å². The molecule has 2 atom stereocenters. The van der Waals surface area contributed by atoms with E-state index >= 15 is 0 Å². The van der Waals surface area contributed by atoms with Crippen LogP contribution >= 0.6 is 11.3 Å². The van der Waals surface area contributed by atoms with E-state index < -0.39 is 12.2 Å². The lowest BCUT2D eigenvalue weighted by molar-refractivity contribution is -0.205. The van der Waals surface area contributed by atoms with E-state index in [2.05, 4.69) is 16.5 Å². The van der Waals surface area contributed by atoms with Crippen LogP contribution in [0.4, 0.5) is 4.39 Å². The van der Waals surface area contributed by atoms with Crippen molar-refractivity contribution in [3.05, 3.63) is 102 Å². The van der Waals surface area contributed by atoms with Gasteiger partial charge in [-0.2, -0.15) is 0 Å². The molecule has 0 radical (unpaired) electrons. The monoisotopic (exact) mass is 614 g/mol. The third kappa shape index (κ3) is 5.78. The Balaban J connectivity index is 1.37. The molecule has 3 amide bonds. The van der Waals surface area contributed by atoms with Gasteiger partial charge in [0, 0.05) is 37.8 Å². The Morgan fingerprint density at radius 2 is 1.93 bits per heavy atom. The summed E-state index contributed by atoms with van der Waals surface area (Å²) in [6.07, 6.45) is 3.29. The molecule has 2 aliphatic rings. The van der Waals surface area contributed by atoms with Gasteiger partial charge in [-0.1, -0.05) is 30.3 Å². The van der Waals surface area contributed by atoms with Crippen LogP contribution in [-0.4, -0.2) is 84.5 Å². The quantitative estimate of drug-likeness (QED) is 0.287. The fraction of sp³-hybridized carbons (Fsp3) is 0.281. The highest BCUT2D eigenvalue weighted by Crippen LogP contribution is 2.32. The summed E-state index contributed by atoms with van der Waals surface area (Å²) < 4.78 is 14.9. The molecule has 44 heavy (non-hydrogen) atoms. The molecule has 0 spiro atoms. The average Bonchev–Trinajstić information content (AvgIpc) is 3.52. The topological polar surface area (TPSA) is 110 Å². The molecule has 4 heterocycles. The Morgan fingerprint density at radius 1 is 1.11 bits per heavy atom. The number of thiazole rings is 1. The van der Waals surface area contributed by atoms with Gasteiger partial charge in [-0.05, 0) is 47.9 Å². The SMILES string of the molecule is C=CCN1CC(=O)N2[C@@H](Cc3ccc(O)cc3)C(=O)N(Cc3ccc(F)c4scnc34)C[C@@H]2N1C(=O)CCc1ccccn1. The van der Waals surface area contributed by atoms with E-state index in [1.54, 1.807) is 50.9 Å². The highest BCUT2D eigenvalue weighted by Gasteiger charge is 2.51. The molecular weight excluding hydrogens is 583 g/mol. The molecule has 2 aromatic heterocycles. The largest absolute Gasteiger partial charge is 0.508 e. The summed E-state index contributed by atoms with van der Waals surface area (Å²) in [5.41, 5.74) is 4.25. The molecule has 0 unspecified atom stereocenters. The van der Waals surface area contributed by atoms with Gasteiger partial charge in [-0.25, -0.2) is 19.4 Å². The van der Waals surface area contributed by atoms with Gasteiger partial charge in [0.15, 0.2) is 0 Å². The third-order valence-corrected chi connectivity index (χ3v) is 8.83. The maximum atomic E-state index is 14.5. The number of carbonyl (C=O) groups excluding carboxylic acids is 3. The summed E-state index contributed by atoms with van der Waals surface area (Å²) in [4.78, 5) is 53.7. The molecule has 12 heteroatoms. The molecule has 10 nitrogen and oxygen atoms in total. The number of hydrazine groups is 1. The van der Waals surface area contributed by atoms with Crippen molar-refractivity contribution in [3.63, 3.8) is 0 Å². The summed E-state index contributed by atoms with van der Waals surface area (Å²) >= 11 is 1.19. The second-order valence-electron chi connectivity index (χ2n) is 10.8. The number of benzene rings is 2. The van der Waals surface area contributed by atoms with Crippen molar-refractivity contribution >= 4 is 39.3 Å². The van der Waals surface area contributed by atoms with Crippen LogP contribution in [0.5, 0.6) is 5.75 Å². The van der Waals surface area contributed by atoms with Gasteiger partial charge in [-0.3, -0.25) is 19.4 Å². The number of piperazine rings is 1. The third-order valence-electron chi connectivity index (χ3n) is 7.99. The number of hydrogen-bond donors (Lipinski definition) is 1. The molecule has 6 rings (SSSR count). The van der Waals surface area contributed by atoms with Crippen LogP contribution in [-0.2, 0) is 33.8 Å². The number of aromatic hydroxyl groups is 1.